The molecule has 0 aliphatic rings. The lowest BCUT2D eigenvalue weighted by atomic mass is 10.2. The second kappa shape index (κ2) is 4.68. The quantitative estimate of drug-likeness (QED) is 0.815. The van der Waals surface area contributed by atoms with E-state index in [4.69, 9.17) is 0 Å². The van der Waals surface area contributed by atoms with Crippen LogP contribution in [0.5, 0.6) is 0 Å². The first kappa shape index (κ1) is 11.2. The van der Waals surface area contributed by atoms with E-state index in [1.807, 2.05) is 25.1 Å². The van der Waals surface area contributed by atoms with Gasteiger partial charge in [-0.2, -0.15) is 12.6 Å². The van der Waals surface area contributed by atoms with Gasteiger partial charge in [0.25, 0.3) is 0 Å². The molecular weight excluding hydrogens is 290 g/mol. The summed E-state index contributed by atoms with van der Waals surface area (Å²) in [6.07, 6.45) is 0. The molecule has 0 bridgehead atoms. The average molecular weight is 300 g/mol. The van der Waals surface area contributed by atoms with E-state index >= 15 is 0 Å². The first-order valence-electron chi connectivity index (χ1n) is 4.54. The van der Waals surface area contributed by atoms with Crippen molar-refractivity contribution in [1.82, 2.24) is 4.98 Å². The first-order chi connectivity index (χ1) is 7.22. The van der Waals surface area contributed by atoms with Gasteiger partial charge in [0.2, 0.25) is 0 Å². The number of halogens is 1. The minimum absolute atomic E-state index is 0.758. The zero-order valence-electron chi connectivity index (χ0n) is 8.20. The van der Waals surface area contributed by atoms with E-state index in [1.165, 1.54) is 4.88 Å². The van der Waals surface area contributed by atoms with Crippen LogP contribution in [-0.2, 0) is 5.75 Å². The van der Waals surface area contributed by atoms with Crippen LogP contribution in [0.2, 0.25) is 0 Å². The van der Waals surface area contributed by atoms with Crippen molar-refractivity contribution in [3.8, 4) is 10.6 Å². The van der Waals surface area contributed by atoms with Crippen LogP contribution in [0.25, 0.3) is 10.6 Å². The summed E-state index contributed by atoms with van der Waals surface area (Å²) >= 11 is 9.54. The Morgan fingerprint density at radius 2 is 2.13 bits per heavy atom. The summed E-state index contributed by atoms with van der Waals surface area (Å²) in [7, 11) is 0. The summed E-state index contributed by atoms with van der Waals surface area (Å²) in [4.78, 5) is 5.79. The highest BCUT2D eigenvalue weighted by Crippen LogP contribution is 2.33. The largest absolute Gasteiger partial charge is 0.241 e. The Bertz CT molecular complexity index is 479. The lowest BCUT2D eigenvalue weighted by Gasteiger charge is -1.98. The van der Waals surface area contributed by atoms with Crippen molar-refractivity contribution < 1.29 is 0 Å². The number of hydrogen-bond donors (Lipinski definition) is 1. The molecule has 0 spiro atoms. The molecule has 78 valence electrons. The minimum atomic E-state index is 0.758. The van der Waals surface area contributed by atoms with Gasteiger partial charge >= 0.3 is 0 Å². The second-order valence-corrected chi connectivity index (χ2v) is 5.42. The molecule has 0 unspecified atom stereocenters. The van der Waals surface area contributed by atoms with Gasteiger partial charge in [-0.3, -0.25) is 0 Å². The molecule has 15 heavy (non-hydrogen) atoms. The van der Waals surface area contributed by atoms with E-state index in [0.717, 1.165) is 26.5 Å². The van der Waals surface area contributed by atoms with Crippen molar-refractivity contribution in [1.29, 1.82) is 0 Å². The maximum Gasteiger partial charge on any atom is 0.125 e. The Hall–Kier alpha value is -0.320. The number of benzene rings is 1. The molecule has 0 saturated heterocycles. The molecule has 0 aliphatic carbocycles. The summed E-state index contributed by atoms with van der Waals surface area (Å²) in [5, 5.41) is 1.06. The molecular formula is C11H10BrNS2. The summed E-state index contributed by atoms with van der Waals surface area (Å²) < 4.78 is 1.09. The molecule has 0 amide bonds. The summed E-state index contributed by atoms with van der Waals surface area (Å²) in [6, 6.07) is 8.14. The molecule has 1 heterocycles. The Morgan fingerprint density at radius 1 is 1.40 bits per heavy atom. The normalized spacial score (nSPS) is 10.6. The lowest BCUT2D eigenvalue weighted by molar-refractivity contribution is 1.22. The number of aromatic nitrogens is 1. The predicted molar refractivity (Wildman–Crippen MR) is 72.7 cm³/mol. The van der Waals surface area contributed by atoms with Crippen LogP contribution in [0.1, 0.15) is 10.6 Å². The Labute approximate surface area is 107 Å². The average Bonchev–Trinajstić information content (AvgIpc) is 2.60. The number of rotatable bonds is 2. The van der Waals surface area contributed by atoms with E-state index in [1.54, 1.807) is 11.3 Å². The van der Waals surface area contributed by atoms with E-state index in [0.29, 0.717) is 0 Å². The van der Waals surface area contributed by atoms with E-state index < -0.39 is 0 Å². The molecule has 2 aromatic rings. The number of nitrogens with zero attached hydrogens (tertiary/aromatic N) is 1. The van der Waals surface area contributed by atoms with Gasteiger partial charge in [-0.15, -0.1) is 11.3 Å². The van der Waals surface area contributed by atoms with E-state index in [9.17, 15) is 0 Å². The van der Waals surface area contributed by atoms with Crippen molar-refractivity contribution in [3.05, 3.63) is 39.3 Å². The maximum absolute atomic E-state index is 4.55. The standard InChI is InChI=1S/C11H10BrNS2/c1-7-10(6-14)15-11(13-7)8-4-2-3-5-9(8)12/h2-5,14H,6H2,1H3. The minimum Gasteiger partial charge on any atom is -0.241 e. The molecule has 1 nitrogen and oxygen atoms in total. The molecule has 0 aliphatic heterocycles. The lowest BCUT2D eigenvalue weighted by Crippen LogP contribution is -1.79. The summed E-state index contributed by atoms with van der Waals surface area (Å²) in [5.41, 5.74) is 2.24. The van der Waals surface area contributed by atoms with Gasteiger partial charge in [-0.05, 0) is 13.0 Å². The number of thiazole rings is 1. The molecule has 1 aromatic heterocycles. The maximum atomic E-state index is 4.55. The molecule has 2 rings (SSSR count). The highest BCUT2D eigenvalue weighted by atomic mass is 79.9. The Morgan fingerprint density at radius 3 is 2.73 bits per heavy atom. The summed E-state index contributed by atoms with van der Waals surface area (Å²) in [5.74, 6) is 0.758. The Kier molecular flexibility index (Phi) is 3.49. The topological polar surface area (TPSA) is 12.9 Å². The van der Waals surface area contributed by atoms with Crippen LogP contribution < -0.4 is 0 Å². The monoisotopic (exact) mass is 299 g/mol. The van der Waals surface area contributed by atoms with Crippen LogP contribution in [0, 0.1) is 6.92 Å². The van der Waals surface area contributed by atoms with Gasteiger partial charge in [0.1, 0.15) is 5.01 Å². The van der Waals surface area contributed by atoms with Crippen molar-refractivity contribution in [2.45, 2.75) is 12.7 Å². The molecule has 0 fully saturated rings. The third-order valence-electron chi connectivity index (χ3n) is 2.14. The summed E-state index contributed by atoms with van der Waals surface area (Å²) in [6.45, 7) is 2.03. The fourth-order valence-corrected chi connectivity index (χ4v) is 3.31. The van der Waals surface area contributed by atoms with Crippen molar-refractivity contribution in [2.24, 2.45) is 0 Å². The van der Waals surface area contributed by atoms with Crippen molar-refractivity contribution >= 4 is 39.9 Å². The number of aryl methyl sites for hydroxylation is 1. The van der Waals surface area contributed by atoms with Gasteiger partial charge < -0.3 is 0 Å². The fourth-order valence-electron chi connectivity index (χ4n) is 1.32. The van der Waals surface area contributed by atoms with Crippen LogP contribution in [0.4, 0.5) is 0 Å². The zero-order valence-corrected chi connectivity index (χ0v) is 11.5. The molecule has 0 radical (unpaired) electrons. The van der Waals surface area contributed by atoms with Crippen LogP contribution >= 0.6 is 39.9 Å². The molecule has 0 atom stereocenters. The molecule has 4 heteroatoms. The molecule has 0 N–H and O–H groups in total. The third-order valence-corrected chi connectivity index (χ3v) is 4.55. The first-order valence-corrected chi connectivity index (χ1v) is 6.78. The highest BCUT2D eigenvalue weighted by Gasteiger charge is 2.09. The zero-order chi connectivity index (χ0) is 10.8. The smallest absolute Gasteiger partial charge is 0.125 e. The van der Waals surface area contributed by atoms with Gasteiger partial charge in [0, 0.05) is 20.7 Å². The SMILES string of the molecule is Cc1nc(-c2ccccc2Br)sc1CS. The number of hydrogen-bond acceptors (Lipinski definition) is 3. The van der Waals surface area contributed by atoms with Gasteiger partial charge in [0.15, 0.2) is 0 Å². The predicted octanol–water partition coefficient (Wildman–Crippen LogP) is 4.31. The van der Waals surface area contributed by atoms with Gasteiger partial charge in [0.05, 0.1) is 5.69 Å². The fraction of sp³-hybridized carbons (Fsp3) is 0.182. The van der Waals surface area contributed by atoms with Crippen LogP contribution in [0.3, 0.4) is 0 Å². The molecule has 0 saturated carbocycles. The van der Waals surface area contributed by atoms with E-state index in [2.05, 4.69) is 39.6 Å². The van der Waals surface area contributed by atoms with Crippen LogP contribution in [0.15, 0.2) is 28.7 Å². The van der Waals surface area contributed by atoms with E-state index in [-0.39, 0.29) is 0 Å². The number of thiol groups is 1. The van der Waals surface area contributed by atoms with Gasteiger partial charge in [-0.25, -0.2) is 4.98 Å². The second-order valence-electron chi connectivity index (χ2n) is 3.17. The Balaban J connectivity index is 2.50. The van der Waals surface area contributed by atoms with Gasteiger partial charge in [-0.1, -0.05) is 34.1 Å². The third kappa shape index (κ3) is 2.27. The molecule has 1 aromatic carbocycles. The van der Waals surface area contributed by atoms with Crippen molar-refractivity contribution in [3.63, 3.8) is 0 Å². The van der Waals surface area contributed by atoms with Crippen molar-refractivity contribution in [2.75, 3.05) is 0 Å². The van der Waals surface area contributed by atoms with Crippen LogP contribution in [-0.4, -0.2) is 4.98 Å². The highest BCUT2D eigenvalue weighted by molar-refractivity contribution is 9.10.